The van der Waals surface area contributed by atoms with Crippen molar-refractivity contribution in [2.45, 2.75) is 6.18 Å². The molecule has 0 radical (unpaired) electrons. The van der Waals surface area contributed by atoms with Gasteiger partial charge in [0.1, 0.15) is 0 Å². The highest BCUT2D eigenvalue weighted by Gasteiger charge is 2.30. The topological polar surface area (TPSA) is 48.1 Å². The van der Waals surface area contributed by atoms with E-state index in [2.05, 4.69) is 4.98 Å². The van der Waals surface area contributed by atoms with Crippen LogP contribution in [0, 0.1) is 0 Å². The highest BCUT2D eigenvalue weighted by atomic mass is 19.4. The van der Waals surface area contributed by atoms with Crippen molar-refractivity contribution in [3.63, 3.8) is 0 Å². The molecule has 2 rings (SSSR count). The van der Waals surface area contributed by atoms with Gasteiger partial charge in [0, 0.05) is 5.56 Å². The van der Waals surface area contributed by atoms with Gasteiger partial charge in [0.25, 0.3) is 0 Å². The number of aromatic nitrogens is 1. The summed E-state index contributed by atoms with van der Waals surface area (Å²) in [4.78, 5) is 3.94. The first-order chi connectivity index (χ1) is 8.91. The minimum atomic E-state index is -4.39. The number of nitrogen functional groups attached to an aromatic ring is 1. The third-order valence-corrected chi connectivity index (χ3v) is 2.57. The van der Waals surface area contributed by atoms with E-state index in [1.54, 1.807) is 6.07 Å². The molecule has 0 aliphatic heterocycles. The first-order valence-corrected chi connectivity index (χ1v) is 5.39. The Hall–Kier alpha value is -2.24. The molecule has 1 aromatic carbocycles. The van der Waals surface area contributed by atoms with Crippen molar-refractivity contribution in [2.24, 2.45) is 0 Å². The van der Waals surface area contributed by atoms with Crippen molar-refractivity contribution < 1.29 is 17.9 Å². The van der Waals surface area contributed by atoms with Gasteiger partial charge >= 0.3 is 6.18 Å². The van der Waals surface area contributed by atoms with E-state index < -0.39 is 11.7 Å². The first kappa shape index (κ1) is 13.2. The van der Waals surface area contributed by atoms with Crippen molar-refractivity contribution >= 4 is 5.69 Å². The Balaban J connectivity index is 2.56. The molecule has 0 saturated carbocycles. The number of nitrogens with zero attached hydrogens (tertiary/aromatic N) is 1. The number of halogens is 3. The second-order valence-electron chi connectivity index (χ2n) is 3.90. The van der Waals surface area contributed by atoms with Crippen LogP contribution in [0.5, 0.6) is 5.88 Å². The summed E-state index contributed by atoms with van der Waals surface area (Å²) in [7, 11) is 1.40. The van der Waals surface area contributed by atoms with Crippen LogP contribution in [0.4, 0.5) is 18.9 Å². The third kappa shape index (κ3) is 2.78. The molecule has 0 unspecified atom stereocenters. The molecule has 0 saturated heterocycles. The summed E-state index contributed by atoms with van der Waals surface area (Å²) in [6, 6.07) is 6.46. The summed E-state index contributed by atoms with van der Waals surface area (Å²) in [6.45, 7) is 0. The van der Waals surface area contributed by atoms with E-state index in [0.29, 0.717) is 16.8 Å². The van der Waals surface area contributed by atoms with Crippen molar-refractivity contribution in [2.75, 3.05) is 12.8 Å². The molecule has 0 atom stereocenters. The third-order valence-electron chi connectivity index (χ3n) is 2.57. The highest BCUT2D eigenvalue weighted by Crippen LogP contribution is 2.35. The van der Waals surface area contributed by atoms with E-state index in [9.17, 15) is 13.2 Å². The largest absolute Gasteiger partial charge is 0.481 e. The summed E-state index contributed by atoms with van der Waals surface area (Å²) in [5.74, 6) is 0.230. The molecule has 1 heterocycles. The zero-order valence-corrected chi connectivity index (χ0v) is 10.0. The standard InChI is InChI=1S/C13H11F3N2O/c1-19-12-11(6-10(17)7-18-12)8-3-2-4-9(5-8)13(14,15)16/h2-7H,17H2,1H3. The highest BCUT2D eigenvalue weighted by molar-refractivity contribution is 5.72. The van der Waals surface area contributed by atoms with E-state index in [4.69, 9.17) is 10.5 Å². The fourth-order valence-corrected chi connectivity index (χ4v) is 1.70. The van der Waals surface area contributed by atoms with Gasteiger partial charge in [-0.1, -0.05) is 12.1 Å². The molecule has 100 valence electrons. The summed E-state index contributed by atoms with van der Waals surface area (Å²) in [5.41, 5.74) is 6.01. The normalized spacial score (nSPS) is 11.4. The summed E-state index contributed by atoms with van der Waals surface area (Å²) in [5, 5.41) is 0. The molecule has 19 heavy (non-hydrogen) atoms. The second-order valence-corrected chi connectivity index (χ2v) is 3.90. The van der Waals surface area contributed by atoms with Gasteiger partial charge in [-0.15, -0.1) is 0 Å². The Bertz CT molecular complexity index is 597. The van der Waals surface area contributed by atoms with E-state index in [-0.39, 0.29) is 5.88 Å². The van der Waals surface area contributed by atoms with Gasteiger partial charge in [0.15, 0.2) is 0 Å². The summed E-state index contributed by atoms with van der Waals surface area (Å²) >= 11 is 0. The zero-order chi connectivity index (χ0) is 14.0. The Morgan fingerprint density at radius 2 is 1.95 bits per heavy atom. The molecule has 1 aromatic heterocycles. The molecule has 0 spiro atoms. The smallest absolute Gasteiger partial charge is 0.416 e. The van der Waals surface area contributed by atoms with Gasteiger partial charge < -0.3 is 10.5 Å². The Morgan fingerprint density at radius 3 is 2.58 bits per heavy atom. The number of alkyl halides is 3. The Kier molecular flexibility index (Phi) is 3.33. The lowest BCUT2D eigenvalue weighted by Gasteiger charge is -2.11. The van der Waals surface area contributed by atoms with Crippen LogP contribution in [0.3, 0.4) is 0 Å². The molecular formula is C13H11F3N2O. The van der Waals surface area contributed by atoms with Gasteiger partial charge in [-0.05, 0) is 23.8 Å². The predicted molar refractivity (Wildman–Crippen MR) is 65.6 cm³/mol. The fraction of sp³-hybridized carbons (Fsp3) is 0.154. The van der Waals surface area contributed by atoms with Crippen LogP contribution in [0.15, 0.2) is 36.5 Å². The van der Waals surface area contributed by atoms with Crippen molar-refractivity contribution in [1.82, 2.24) is 4.98 Å². The zero-order valence-electron chi connectivity index (χ0n) is 10.0. The minimum absolute atomic E-state index is 0.230. The van der Waals surface area contributed by atoms with Crippen LogP contribution >= 0.6 is 0 Å². The number of methoxy groups -OCH3 is 1. The van der Waals surface area contributed by atoms with Crippen LogP contribution in [-0.4, -0.2) is 12.1 Å². The number of rotatable bonds is 2. The monoisotopic (exact) mass is 268 g/mol. The van der Waals surface area contributed by atoms with Crippen molar-refractivity contribution in [3.05, 3.63) is 42.1 Å². The number of hydrogen-bond donors (Lipinski definition) is 1. The Labute approximate surface area is 107 Å². The first-order valence-electron chi connectivity index (χ1n) is 5.39. The number of anilines is 1. The lowest BCUT2D eigenvalue weighted by Crippen LogP contribution is -2.04. The maximum absolute atomic E-state index is 12.7. The van der Waals surface area contributed by atoms with Crippen LogP contribution in [0.2, 0.25) is 0 Å². The molecule has 2 aromatic rings. The summed E-state index contributed by atoms with van der Waals surface area (Å²) < 4.78 is 43.1. The van der Waals surface area contributed by atoms with Gasteiger partial charge in [-0.25, -0.2) is 4.98 Å². The molecule has 0 bridgehead atoms. The van der Waals surface area contributed by atoms with Crippen LogP contribution in [0.1, 0.15) is 5.56 Å². The lowest BCUT2D eigenvalue weighted by atomic mass is 10.0. The number of benzene rings is 1. The van der Waals surface area contributed by atoms with E-state index in [1.165, 1.54) is 25.4 Å². The molecule has 6 heteroatoms. The van der Waals surface area contributed by atoms with Gasteiger partial charge in [-0.2, -0.15) is 13.2 Å². The summed E-state index contributed by atoms with van der Waals surface area (Å²) in [6.07, 6.45) is -3.01. The number of pyridine rings is 1. The van der Waals surface area contributed by atoms with E-state index >= 15 is 0 Å². The van der Waals surface area contributed by atoms with Gasteiger partial charge in [0.2, 0.25) is 5.88 Å². The quantitative estimate of drug-likeness (QED) is 0.908. The van der Waals surface area contributed by atoms with Crippen LogP contribution in [0.25, 0.3) is 11.1 Å². The number of hydrogen-bond acceptors (Lipinski definition) is 3. The SMILES string of the molecule is COc1ncc(N)cc1-c1cccc(C(F)(F)F)c1. The molecule has 0 aliphatic carbocycles. The van der Waals surface area contributed by atoms with Gasteiger partial charge in [-0.3, -0.25) is 0 Å². The molecule has 0 aliphatic rings. The lowest BCUT2D eigenvalue weighted by molar-refractivity contribution is -0.137. The number of ether oxygens (including phenoxy) is 1. The molecule has 0 amide bonds. The fourth-order valence-electron chi connectivity index (χ4n) is 1.70. The van der Waals surface area contributed by atoms with Crippen molar-refractivity contribution in [3.8, 4) is 17.0 Å². The van der Waals surface area contributed by atoms with Crippen LogP contribution < -0.4 is 10.5 Å². The molecule has 3 nitrogen and oxygen atoms in total. The average Bonchev–Trinajstić information content (AvgIpc) is 2.38. The Morgan fingerprint density at radius 1 is 1.21 bits per heavy atom. The molecular weight excluding hydrogens is 257 g/mol. The minimum Gasteiger partial charge on any atom is -0.481 e. The van der Waals surface area contributed by atoms with Crippen molar-refractivity contribution in [1.29, 1.82) is 0 Å². The van der Waals surface area contributed by atoms with Crippen LogP contribution in [-0.2, 0) is 6.18 Å². The number of nitrogens with two attached hydrogens (primary N) is 1. The molecule has 2 N–H and O–H groups in total. The second kappa shape index (κ2) is 4.79. The van der Waals surface area contributed by atoms with E-state index in [1.807, 2.05) is 0 Å². The average molecular weight is 268 g/mol. The predicted octanol–water partition coefficient (Wildman–Crippen LogP) is 3.36. The maximum atomic E-state index is 12.7. The van der Waals surface area contributed by atoms with Gasteiger partial charge in [0.05, 0.1) is 24.6 Å². The van der Waals surface area contributed by atoms with E-state index in [0.717, 1.165) is 12.1 Å². The molecule has 0 fully saturated rings. The maximum Gasteiger partial charge on any atom is 0.416 e.